The van der Waals surface area contributed by atoms with Gasteiger partial charge < -0.3 is 10.4 Å². The molecule has 0 aliphatic heterocycles. The fourth-order valence-corrected chi connectivity index (χ4v) is 1.05. The van der Waals surface area contributed by atoms with Crippen LogP contribution in [0.1, 0.15) is 13.8 Å². The molecule has 0 atom stereocenters. The van der Waals surface area contributed by atoms with Crippen molar-refractivity contribution in [2.45, 2.75) is 13.8 Å². The number of amides is 1. The van der Waals surface area contributed by atoms with Crippen LogP contribution in [0.15, 0.2) is 18.2 Å². The number of phenols is 1. The van der Waals surface area contributed by atoms with Gasteiger partial charge in [-0.25, -0.2) is 0 Å². The van der Waals surface area contributed by atoms with Crippen LogP contribution < -0.4 is 5.32 Å². The largest absolute Gasteiger partial charge is 0.506 e. The predicted octanol–water partition coefficient (Wildman–Crippen LogP) is 2.64. The molecule has 1 aromatic carbocycles. The van der Waals surface area contributed by atoms with Crippen LogP contribution in [-0.2, 0) is 4.79 Å². The number of carbonyl (C=O) groups is 1. The molecule has 0 aliphatic carbocycles. The number of hydrogen-bond donors (Lipinski definition) is 2. The van der Waals surface area contributed by atoms with E-state index in [0.29, 0.717) is 5.69 Å². The van der Waals surface area contributed by atoms with Crippen molar-refractivity contribution < 1.29 is 9.90 Å². The van der Waals surface area contributed by atoms with Gasteiger partial charge in [-0.1, -0.05) is 25.4 Å². The van der Waals surface area contributed by atoms with Crippen molar-refractivity contribution in [2.24, 2.45) is 5.92 Å². The van der Waals surface area contributed by atoms with Crippen LogP contribution in [-0.4, -0.2) is 11.0 Å². The standard InChI is InChI=1S/C10H12ClNO2/c1-6(2)10(14)12-7-3-4-9(13)8(11)5-7/h3-6,13H,1-2H3,(H,12,14). The van der Waals surface area contributed by atoms with E-state index in [1.165, 1.54) is 12.1 Å². The van der Waals surface area contributed by atoms with Crippen LogP contribution >= 0.6 is 11.6 Å². The zero-order chi connectivity index (χ0) is 10.7. The molecule has 0 unspecified atom stereocenters. The third-order valence-electron chi connectivity index (χ3n) is 1.74. The highest BCUT2D eigenvalue weighted by Crippen LogP contribution is 2.26. The van der Waals surface area contributed by atoms with Crippen molar-refractivity contribution >= 4 is 23.2 Å². The summed E-state index contributed by atoms with van der Waals surface area (Å²) in [4.78, 5) is 11.3. The Bertz CT molecular complexity index is 350. The maximum atomic E-state index is 11.3. The van der Waals surface area contributed by atoms with Crippen LogP contribution in [0, 0.1) is 5.92 Å². The topological polar surface area (TPSA) is 49.3 Å². The Kier molecular flexibility index (Phi) is 3.36. The van der Waals surface area contributed by atoms with E-state index in [-0.39, 0.29) is 22.6 Å². The van der Waals surface area contributed by atoms with Gasteiger partial charge in [0.2, 0.25) is 5.91 Å². The highest BCUT2D eigenvalue weighted by Gasteiger charge is 2.07. The second-order valence-electron chi connectivity index (χ2n) is 3.31. The van der Waals surface area contributed by atoms with E-state index in [9.17, 15) is 4.79 Å². The Morgan fingerprint density at radius 1 is 1.50 bits per heavy atom. The lowest BCUT2D eigenvalue weighted by molar-refractivity contribution is -0.118. The molecule has 1 aromatic rings. The van der Waals surface area contributed by atoms with E-state index in [4.69, 9.17) is 16.7 Å². The smallest absolute Gasteiger partial charge is 0.226 e. The number of anilines is 1. The van der Waals surface area contributed by atoms with Gasteiger partial charge in [0, 0.05) is 11.6 Å². The number of carbonyl (C=O) groups excluding carboxylic acids is 1. The Hall–Kier alpha value is -1.22. The van der Waals surface area contributed by atoms with E-state index in [1.807, 2.05) is 0 Å². The molecule has 4 heteroatoms. The van der Waals surface area contributed by atoms with Crippen molar-refractivity contribution in [3.8, 4) is 5.75 Å². The van der Waals surface area contributed by atoms with Crippen LogP contribution in [0.4, 0.5) is 5.69 Å². The zero-order valence-electron chi connectivity index (χ0n) is 8.04. The molecular formula is C10H12ClNO2. The molecule has 0 fully saturated rings. The number of aromatic hydroxyl groups is 1. The number of phenolic OH excluding ortho intramolecular Hbond substituents is 1. The lowest BCUT2D eigenvalue weighted by Gasteiger charge is -2.08. The summed E-state index contributed by atoms with van der Waals surface area (Å²) in [6, 6.07) is 4.55. The van der Waals surface area contributed by atoms with Gasteiger partial charge in [-0.15, -0.1) is 0 Å². The molecule has 0 saturated heterocycles. The first-order valence-corrected chi connectivity index (χ1v) is 4.68. The molecule has 76 valence electrons. The number of benzene rings is 1. The lowest BCUT2D eigenvalue weighted by Crippen LogP contribution is -2.17. The zero-order valence-corrected chi connectivity index (χ0v) is 8.80. The molecule has 1 amide bonds. The van der Waals surface area contributed by atoms with Gasteiger partial charge in [0.15, 0.2) is 0 Å². The maximum absolute atomic E-state index is 11.3. The first-order valence-electron chi connectivity index (χ1n) is 4.30. The van der Waals surface area contributed by atoms with Crippen molar-refractivity contribution in [3.63, 3.8) is 0 Å². The van der Waals surface area contributed by atoms with Crippen molar-refractivity contribution in [1.82, 2.24) is 0 Å². The van der Waals surface area contributed by atoms with E-state index >= 15 is 0 Å². The molecule has 0 aromatic heterocycles. The predicted molar refractivity (Wildman–Crippen MR) is 56.6 cm³/mol. The highest BCUT2D eigenvalue weighted by atomic mass is 35.5. The molecule has 0 saturated carbocycles. The highest BCUT2D eigenvalue weighted by molar-refractivity contribution is 6.32. The summed E-state index contributed by atoms with van der Waals surface area (Å²) in [5.41, 5.74) is 0.589. The molecular weight excluding hydrogens is 202 g/mol. The van der Waals surface area contributed by atoms with E-state index in [1.54, 1.807) is 19.9 Å². The van der Waals surface area contributed by atoms with Gasteiger partial charge in [-0.05, 0) is 18.2 Å². The van der Waals surface area contributed by atoms with E-state index in [0.717, 1.165) is 0 Å². The maximum Gasteiger partial charge on any atom is 0.226 e. The molecule has 2 N–H and O–H groups in total. The molecule has 3 nitrogen and oxygen atoms in total. The second kappa shape index (κ2) is 4.33. The number of nitrogens with one attached hydrogen (secondary N) is 1. The number of hydrogen-bond acceptors (Lipinski definition) is 2. The summed E-state index contributed by atoms with van der Waals surface area (Å²) >= 11 is 5.68. The van der Waals surface area contributed by atoms with Gasteiger partial charge in [0.1, 0.15) is 5.75 Å². The van der Waals surface area contributed by atoms with E-state index in [2.05, 4.69) is 5.32 Å². The van der Waals surface area contributed by atoms with Crippen molar-refractivity contribution in [3.05, 3.63) is 23.2 Å². The normalized spacial score (nSPS) is 10.3. The summed E-state index contributed by atoms with van der Waals surface area (Å²) in [6.45, 7) is 3.61. The molecule has 0 aliphatic rings. The van der Waals surface area contributed by atoms with Crippen LogP contribution in [0.2, 0.25) is 5.02 Å². The third kappa shape index (κ3) is 2.64. The minimum absolute atomic E-state index is 0.00853. The SMILES string of the molecule is CC(C)C(=O)Nc1ccc(O)c(Cl)c1. The Balaban J connectivity index is 2.78. The summed E-state index contributed by atoms with van der Waals surface area (Å²) in [5, 5.41) is 12.0. The van der Waals surface area contributed by atoms with Crippen molar-refractivity contribution in [1.29, 1.82) is 0 Å². The third-order valence-corrected chi connectivity index (χ3v) is 2.04. The van der Waals surface area contributed by atoms with Gasteiger partial charge in [0.25, 0.3) is 0 Å². The summed E-state index contributed by atoms with van der Waals surface area (Å²) in [5.74, 6) is -0.149. The van der Waals surface area contributed by atoms with E-state index < -0.39 is 0 Å². The minimum atomic E-state index is -0.0809. The number of rotatable bonds is 2. The van der Waals surface area contributed by atoms with Crippen molar-refractivity contribution in [2.75, 3.05) is 5.32 Å². The summed E-state index contributed by atoms with van der Waals surface area (Å²) in [6.07, 6.45) is 0. The van der Waals surface area contributed by atoms with Crippen LogP contribution in [0.3, 0.4) is 0 Å². The summed E-state index contributed by atoms with van der Waals surface area (Å²) < 4.78 is 0. The molecule has 0 radical (unpaired) electrons. The fraction of sp³-hybridized carbons (Fsp3) is 0.300. The van der Waals surface area contributed by atoms with Crippen LogP contribution in [0.5, 0.6) is 5.75 Å². The average molecular weight is 214 g/mol. The first kappa shape index (κ1) is 10.9. The van der Waals surface area contributed by atoms with Gasteiger partial charge in [-0.3, -0.25) is 4.79 Å². The summed E-state index contributed by atoms with van der Waals surface area (Å²) in [7, 11) is 0. The second-order valence-corrected chi connectivity index (χ2v) is 3.72. The molecule has 0 bridgehead atoms. The molecule has 0 heterocycles. The molecule has 1 rings (SSSR count). The van der Waals surface area contributed by atoms with Gasteiger partial charge in [0.05, 0.1) is 5.02 Å². The quantitative estimate of drug-likeness (QED) is 0.742. The minimum Gasteiger partial charge on any atom is -0.506 e. The molecule has 0 spiro atoms. The average Bonchev–Trinajstić information content (AvgIpc) is 2.11. The Labute approximate surface area is 87.7 Å². The van der Waals surface area contributed by atoms with Gasteiger partial charge >= 0.3 is 0 Å². The van der Waals surface area contributed by atoms with Crippen LogP contribution in [0.25, 0.3) is 0 Å². The first-order chi connectivity index (χ1) is 6.50. The Morgan fingerprint density at radius 3 is 2.64 bits per heavy atom. The fourth-order valence-electron chi connectivity index (χ4n) is 0.871. The number of halogens is 1. The van der Waals surface area contributed by atoms with Gasteiger partial charge in [-0.2, -0.15) is 0 Å². The lowest BCUT2D eigenvalue weighted by atomic mass is 10.2. The monoisotopic (exact) mass is 213 g/mol. The Morgan fingerprint density at radius 2 is 2.14 bits per heavy atom. The molecule has 14 heavy (non-hydrogen) atoms.